The van der Waals surface area contributed by atoms with Gasteiger partial charge in [-0.2, -0.15) is 0 Å². The molecule has 2 aromatic rings. The van der Waals surface area contributed by atoms with Crippen LogP contribution in [0.5, 0.6) is 0 Å². The Morgan fingerprint density at radius 2 is 1.89 bits per heavy atom. The molecule has 2 fully saturated rings. The fourth-order valence-electron chi connectivity index (χ4n) is 4.31. The van der Waals surface area contributed by atoms with E-state index in [4.69, 9.17) is 0 Å². The predicted octanol–water partition coefficient (Wildman–Crippen LogP) is 3.50. The standard InChI is InChI=1S/C23H28FN3O/c24-22-10-8-17(9-11-22)6-7-18-3-2-12-27(16-18)23(28)20-5-1-4-19(13-20)21-14-25-26-15-21/h1,4-5,8-11,13,18,21,25-26H,2-3,6-7,12,14-16H2. The molecule has 0 bridgehead atoms. The maximum atomic E-state index is 13.1. The van der Waals surface area contributed by atoms with Crippen LogP contribution >= 0.6 is 0 Å². The van der Waals surface area contributed by atoms with Crippen LogP contribution in [0.2, 0.25) is 0 Å². The molecule has 5 heteroatoms. The van der Waals surface area contributed by atoms with E-state index in [1.165, 1.54) is 17.7 Å². The highest BCUT2D eigenvalue weighted by atomic mass is 19.1. The van der Waals surface area contributed by atoms with Gasteiger partial charge in [0.25, 0.3) is 5.91 Å². The molecule has 148 valence electrons. The zero-order chi connectivity index (χ0) is 19.3. The Hall–Kier alpha value is -2.24. The number of amides is 1. The third-order valence-corrected chi connectivity index (χ3v) is 5.99. The summed E-state index contributed by atoms with van der Waals surface area (Å²) in [6.45, 7) is 3.44. The van der Waals surface area contributed by atoms with Crippen molar-refractivity contribution in [1.29, 1.82) is 0 Å². The fraction of sp³-hybridized carbons (Fsp3) is 0.435. The summed E-state index contributed by atoms with van der Waals surface area (Å²) in [4.78, 5) is 15.1. The first-order chi connectivity index (χ1) is 13.7. The number of carbonyl (C=O) groups is 1. The van der Waals surface area contributed by atoms with Crippen molar-refractivity contribution in [2.75, 3.05) is 26.2 Å². The first-order valence-corrected chi connectivity index (χ1v) is 10.3. The van der Waals surface area contributed by atoms with Gasteiger partial charge in [0.2, 0.25) is 0 Å². The van der Waals surface area contributed by atoms with E-state index in [2.05, 4.69) is 23.0 Å². The minimum Gasteiger partial charge on any atom is -0.338 e. The highest BCUT2D eigenvalue weighted by molar-refractivity contribution is 5.94. The lowest BCUT2D eigenvalue weighted by Crippen LogP contribution is -2.40. The van der Waals surface area contributed by atoms with Crippen LogP contribution in [-0.2, 0) is 6.42 Å². The molecule has 2 N–H and O–H groups in total. The van der Waals surface area contributed by atoms with Crippen LogP contribution in [0, 0.1) is 11.7 Å². The molecule has 2 saturated heterocycles. The second-order valence-corrected chi connectivity index (χ2v) is 8.01. The van der Waals surface area contributed by atoms with Crippen molar-refractivity contribution in [3.05, 3.63) is 71.0 Å². The molecule has 1 amide bonds. The maximum absolute atomic E-state index is 13.1. The van der Waals surface area contributed by atoms with Gasteiger partial charge in [-0.3, -0.25) is 15.6 Å². The number of nitrogens with one attached hydrogen (secondary N) is 2. The molecule has 0 spiro atoms. The van der Waals surface area contributed by atoms with Crippen LogP contribution < -0.4 is 10.9 Å². The van der Waals surface area contributed by atoms with E-state index in [0.717, 1.165) is 63.0 Å². The van der Waals surface area contributed by atoms with Gasteiger partial charge in [0, 0.05) is 37.7 Å². The Balaban J connectivity index is 1.36. The molecule has 2 aliphatic rings. The van der Waals surface area contributed by atoms with E-state index in [-0.39, 0.29) is 11.7 Å². The lowest BCUT2D eigenvalue weighted by molar-refractivity contribution is 0.0668. The van der Waals surface area contributed by atoms with Gasteiger partial charge in [-0.05, 0) is 67.0 Å². The molecule has 0 aromatic heterocycles. The summed E-state index contributed by atoms with van der Waals surface area (Å²) < 4.78 is 13.1. The van der Waals surface area contributed by atoms with E-state index >= 15 is 0 Å². The number of hydrogen-bond acceptors (Lipinski definition) is 3. The molecule has 4 nitrogen and oxygen atoms in total. The summed E-state index contributed by atoms with van der Waals surface area (Å²) in [5.74, 6) is 0.878. The van der Waals surface area contributed by atoms with Gasteiger partial charge in [-0.25, -0.2) is 4.39 Å². The molecule has 0 radical (unpaired) electrons. The van der Waals surface area contributed by atoms with Crippen molar-refractivity contribution in [1.82, 2.24) is 15.8 Å². The zero-order valence-electron chi connectivity index (χ0n) is 16.2. The monoisotopic (exact) mass is 381 g/mol. The van der Waals surface area contributed by atoms with E-state index in [1.807, 2.05) is 29.2 Å². The summed E-state index contributed by atoms with van der Waals surface area (Å²) in [6, 6.07) is 14.9. The number of rotatable bonds is 5. The van der Waals surface area contributed by atoms with E-state index < -0.39 is 0 Å². The Kier molecular flexibility index (Phi) is 6.03. The number of aryl methyl sites for hydroxylation is 1. The number of nitrogens with zero attached hydrogens (tertiary/aromatic N) is 1. The average Bonchev–Trinajstić information content (AvgIpc) is 3.28. The van der Waals surface area contributed by atoms with Crippen molar-refractivity contribution in [3.63, 3.8) is 0 Å². The predicted molar refractivity (Wildman–Crippen MR) is 109 cm³/mol. The lowest BCUT2D eigenvalue weighted by atomic mass is 9.91. The quantitative estimate of drug-likeness (QED) is 0.833. The smallest absolute Gasteiger partial charge is 0.253 e. The van der Waals surface area contributed by atoms with Crippen LogP contribution in [0.25, 0.3) is 0 Å². The van der Waals surface area contributed by atoms with Crippen LogP contribution in [0.15, 0.2) is 48.5 Å². The average molecular weight is 381 g/mol. The van der Waals surface area contributed by atoms with Gasteiger partial charge < -0.3 is 4.90 Å². The van der Waals surface area contributed by atoms with Gasteiger partial charge in [0.15, 0.2) is 0 Å². The number of carbonyl (C=O) groups excluding carboxylic acids is 1. The second-order valence-electron chi connectivity index (χ2n) is 8.01. The first kappa shape index (κ1) is 19.1. The van der Waals surface area contributed by atoms with Gasteiger partial charge in [-0.15, -0.1) is 0 Å². The molecule has 0 saturated carbocycles. The summed E-state index contributed by atoms with van der Waals surface area (Å²) in [5, 5.41) is 0. The molecule has 1 atom stereocenters. The first-order valence-electron chi connectivity index (χ1n) is 10.3. The van der Waals surface area contributed by atoms with Gasteiger partial charge in [0.05, 0.1) is 0 Å². The Labute approximate surface area is 166 Å². The fourth-order valence-corrected chi connectivity index (χ4v) is 4.31. The lowest BCUT2D eigenvalue weighted by Gasteiger charge is -2.33. The number of hydrogen-bond donors (Lipinski definition) is 2. The third-order valence-electron chi connectivity index (χ3n) is 5.99. The molecule has 28 heavy (non-hydrogen) atoms. The molecular formula is C23H28FN3O. The largest absolute Gasteiger partial charge is 0.338 e. The van der Waals surface area contributed by atoms with Crippen LogP contribution in [-0.4, -0.2) is 37.0 Å². The molecule has 4 rings (SSSR count). The maximum Gasteiger partial charge on any atom is 0.253 e. The molecule has 2 aromatic carbocycles. The van der Waals surface area contributed by atoms with Crippen molar-refractivity contribution < 1.29 is 9.18 Å². The van der Waals surface area contributed by atoms with E-state index in [9.17, 15) is 9.18 Å². The number of halogens is 1. The number of benzene rings is 2. The number of hydrazine groups is 1. The minimum atomic E-state index is -0.190. The molecule has 2 aliphatic heterocycles. The zero-order valence-corrected chi connectivity index (χ0v) is 16.2. The molecular weight excluding hydrogens is 353 g/mol. The number of likely N-dealkylation sites (tertiary alicyclic amines) is 1. The summed E-state index contributed by atoms with van der Waals surface area (Å²) in [6.07, 6.45) is 4.18. The summed E-state index contributed by atoms with van der Waals surface area (Å²) in [7, 11) is 0. The van der Waals surface area contributed by atoms with Crippen molar-refractivity contribution in [2.45, 2.75) is 31.6 Å². The van der Waals surface area contributed by atoms with Gasteiger partial charge in [-0.1, -0.05) is 24.3 Å². The van der Waals surface area contributed by atoms with Crippen LogP contribution in [0.1, 0.15) is 46.7 Å². The van der Waals surface area contributed by atoms with Gasteiger partial charge >= 0.3 is 0 Å². The molecule has 2 heterocycles. The van der Waals surface area contributed by atoms with Crippen LogP contribution in [0.3, 0.4) is 0 Å². The second kappa shape index (κ2) is 8.84. The highest BCUT2D eigenvalue weighted by Crippen LogP contribution is 2.24. The number of piperidine rings is 1. The SMILES string of the molecule is O=C(c1cccc(C2CNNC2)c1)N1CCCC(CCc2ccc(F)cc2)C1. The molecule has 1 unspecified atom stereocenters. The molecule has 0 aliphatic carbocycles. The summed E-state index contributed by atoms with van der Waals surface area (Å²) >= 11 is 0. The van der Waals surface area contributed by atoms with E-state index in [1.54, 1.807) is 0 Å². The van der Waals surface area contributed by atoms with Crippen molar-refractivity contribution >= 4 is 5.91 Å². The highest BCUT2D eigenvalue weighted by Gasteiger charge is 2.25. The van der Waals surface area contributed by atoms with Crippen molar-refractivity contribution in [2.24, 2.45) is 5.92 Å². The van der Waals surface area contributed by atoms with Crippen LogP contribution in [0.4, 0.5) is 4.39 Å². The normalized spacial score (nSPS) is 20.5. The third kappa shape index (κ3) is 4.59. The van der Waals surface area contributed by atoms with E-state index in [0.29, 0.717) is 11.8 Å². The van der Waals surface area contributed by atoms with Crippen molar-refractivity contribution in [3.8, 4) is 0 Å². The topological polar surface area (TPSA) is 44.4 Å². The summed E-state index contributed by atoms with van der Waals surface area (Å²) in [5.41, 5.74) is 9.48. The van der Waals surface area contributed by atoms with Gasteiger partial charge in [0.1, 0.15) is 5.82 Å². The minimum absolute atomic E-state index is 0.146. The Morgan fingerprint density at radius 3 is 2.68 bits per heavy atom. The Morgan fingerprint density at radius 1 is 1.11 bits per heavy atom. The Bertz CT molecular complexity index is 802.